The molecule has 1 unspecified atom stereocenters. The number of hydrogen-bond acceptors (Lipinski definition) is 4. The molecule has 0 spiro atoms. The van der Waals surface area contributed by atoms with Gasteiger partial charge in [0.05, 0.1) is 18.6 Å². The lowest BCUT2D eigenvalue weighted by atomic mass is 9.80. The smallest absolute Gasteiger partial charge is 0.310 e. The summed E-state index contributed by atoms with van der Waals surface area (Å²) >= 11 is 0. The highest BCUT2D eigenvalue weighted by Crippen LogP contribution is 2.34. The summed E-state index contributed by atoms with van der Waals surface area (Å²) in [7, 11) is 1.33. The van der Waals surface area contributed by atoms with Gasteiger partial charge < -0.3 is 14.7 Å². The molecule has 2 rings (SSSR count). The van der Waals surface area contributed by atoms with Crippen molar-refractivity contribution >= 4 is 11.9 Å². The minimum Gasteiger partial charge on any atom is -0.469 e. The predicted molar refractivity (Wildman–Crippen MR) is 55.5 cm³/mol. The summed E-state index contributed by atoms with van der Waals surface area (Å²) in [4.78, 5) is 24.5. The van der Waals surface area contributed by atoms with E-state index < -0.39 is 5.60 Å². The van der Waals surface area contributed by atoms with Crippen molar-refractivity contribution < 1.29 is 19.4 Å². The molecule has 1 N–H and O–H groups in total. The van der Waals surface area contributed by atoms with Crippen LogP contribution in [0.4, 0.5) is 0 Å². The van der Waals surface area contributed by atoms with Crippen molar-refractivity contribution in [2.75, 3.05) is 20.2 Å². The number of hydrogen-bond donors (Lipinski definition) is 1. The highest BCUT2D eigenvalue weighted by Gasteiger charge is 2.42. The van der Waals surface area contributed by atoms with Crippen LogP contribution in [0.15, 0.2) is 0 Å². The third-order valence-electron chi connectivity index (χ3n) is 3.52. The van der Waals surface area contributed by atoms with Crippen molar-refractivity contribution in [3.8, 4) is 0 Å². The van der Waals surface area contributed by atoms with E-state index in [1.165, 1.54) is 7.11 Å². The molecule has 1 saturated carbocycles. The van der Waals surface area contributed by atoms with Gasteiger partial charge in [-0.05, 0) is 19.3 Å². The third-order valence-corrected chi connectivity index (χ3v) is 3.52. The molecule has 1 saturated heterocycles. The van der Waals surface area contributed by atoms with Gasteiger partial charge in [-0.3, -0.25) is 9.59 Å². The number of β-amino-alcohol motifs (C(OH)–C–C–N with tert-alkyl or cyclic N) is 1. The standard InChI is InChI=1S/C11H17NO4/c1-16-10(14)8-5-9(13)12(6-8)7-11(15)3-2-4-11/h8,15H,2-7H2,1H3. The average molecular weight is 227 g/mol. The zero-order chi connectivity index (χ0) is 11.8. The normalized spacial score (nSPS) is 27.8. The maximum atomic E-state index is 11.6. The average Bonchev–Trinajstić information content (AvgIpc) is 2.57. The second-order valence-corrected chi connectivity index (χ2v) is 4.78. The highest BCUT2D eigenvalue weighted by molar-refractivity contribution is 5.86. The molecular weight excluding hydrogens is 210 g/mol. The van der Waals surface area contributed by atoms with E-state index in [9.17, 15) is 14.7 Å². The summed E-state index contributed by atoms with van der Waals surface area (Å²) in [6, 6.07) is 0. The zero-order valence-corrected chi connectivity index (χ0v) is 9.44. The van der Waals surface area contributed by atoms with E-state index in [2.05, 4.69) is 4.74 Å². The lowest BCUT2D eigenvalue weighted by Gasteiger charge is -2.39. The summed E-state index contributed by atoms with van der Waals surface area (Å²) in [6.45, 7) is 0.743. The number of ether oxygens (including phenoxy) is 1. The summed E-state index contributed by atoms with van der Waals surface area (Å²) in [6.07, 6.45) is 2.72. The molecule has 0 radical (unpaired) electrons. The van der Waals surface area contributed by atoms with Gasteiger partial charge in [0, 0.05) is 19.5 Å². The molecule has 1 atom stereocenters. The van der Waals surface area contributed by atoms with Gasteiger partial charge >= 0.3 is 5.97 Å². The molecule has 0 aromatic carbocycles. The molecule has 2 aliphatic rings. The molecule has 1 aliphatic carbocycles. The topological polar surface area (TPSA) is 66.8 Å². The Morgan fingerprint density at radius 1 is 1.62 bits per heavy atom. The first-order chi connectivity index (χ1) is 7.54. The SMILES string of the molecule is COC(=O)C1CC(=O)N(CC2(O)CCC2)C1. The summed E-state index contributed by atoms with van der Waals surface area (Å²) in [5, 5.41) is 9.96. The van der Waals surface area contributed by atoms with E-state index in [1.807, 2.05) is 0 Å². The maximum Gasteiger partial charge on any atom is 0.310 e. The number of methoxy groups -OCH3 is 1. The van der Waals surface area contributed by atoms with Gasteiger partial charge in [0.25, 0.3) is 0 Å². The van der Waals surface area contributed by atoms with E-state index in [0.717, 1.165) is 19.3 Å². The van der Waals surface area contributed by atoms with Crippen LogP contribution >= 0.6 is 0 Å². The lowest BCUT2D eigenvalue weighted by Crippen LogP contribution is -2.48. The summed E-state index contributed by atoms with van der Waals surface area (Å²) in [5.74, 6) is -0.756. The predicted octanol–water partition coefficient (Wildman–Crippen LogP) is -0.0771. The second kappa shape index (κ2) is 4.05. The van der Waals surface area contributed by atoms with Crippen LogP contribution in [0.3, 0.4) is 0 Å². The van der Waals surface area contributed by atoms with Crippen LogP contribution in [0, 0.1) is 5.92 Å². The van der Waals surface area contributed by atoms with Gasteiger partial charge in [-0.2, -0.15) is 0 Å². The Kier molecular flexibility index (Phi) is 2.88. The monoisotopic (exact) mass is 227 g/mol. The number of esters is 1. The van der Waals surface area contributed by atoms with Crippen molar-refractivity contribution in [1.82, 2.24) is 4.90 Å². The molecular formula is C11H17NO4. The van der Waals surface area contributed by atoms with Gasteiger partial charge in [-0.25, -0.2) is 0 Å². The molecule has 1 amide bonds. The van der Waals surface area contributed by atoms with Crippen LogP contribution < -0.4 is 0 Å². The van der Waals surface area contributed by atoms with E-state index in [-0.39, 0.29) is 24.2 Å². The molecule has 1 heterocycles. The van der Waals surface area contributed by atoms with Gasteiger partial charge in [-0.1, -0.05) is 0 Å². The van der Waals surface area contributed by atoms with Crippen molar-refractivity contribution in [3.05, 3.63) is 0 Å². The Bertz CT molecular complexity index is 311. The Balaban J connectivity index is 1.92. The largest absolute Gasteiger partial charge is 0.469 e. The zero-order valence-electron chi connectivity index (χ0n) is 9.44. The van der Waals surface area contributed by atoms with Gasteiger partial charge in [0.15, 0.2) is 0 Å². The van der Waals surface area contributed by atoms with Gasteiger partial charge in [0.1, 0.15) is 0 Å². The van der Waals surface area contributed by atoms with E-state index >= 15 is 0 Å². The van der Waals surface area contributed by atoms with Crippen LogP contribution in [0.2, 0.25) is 0 Å². The first kappa shape index (κ1) is 11.4. The molecule has 0 aromatic rings. The summed E-state index contributed by atoms with van der Waals surface area (Å²) < 4.78 is 4.62. The Hall–Kier alpha value is -1.10. The van der Waals surface area contributed by atoms with Crippen LogP contribution in [0.25, 0.3) is 0 Å². The molecule has 90 valence electrons. The fraction of sp³-hybridized carbons (Fsp3) is 0.818. The maximum absolute atomic E-state index is 11.6. The van der Waals surface area contributed by atoms with Crippen LogP contribution in [-0.4, -0.2) is 47.7 Å². The van der Waals surface area contributed by atoms with Gasteiger partial charge in [-0.15, -0.1) is 0 Å². The number of likely N-dealkylation sites (tertiary alicyclic amines) is 1. The minimum atomic E-state index is -0.708. The van der Waals surface area contributed by atoms with E-state index in [4.69, 9.17) is 0 Å². The Morgan fingerprint density at radius 2 is 2.31 bits per heavy atom. The van der Waals surface area contributed by atoms with Crippen LogP contribution in [0.5, 0.6) is 0 Å². The number of nitrogens with zero attached hydrogens (tertiary/aromatic N) is 1. The van der Waals surface area contributed by atoms with Crippen LogP contribution in [-0.2, 0) is 14.3 Å². The van der Waals surface area contributed by atoms with Gasteiger partial charge in [0.2, 0.25) is 5.91 Å². The molecule has 16 heavy (non-hydrogen) atoms. The highest BCUT2D eigenvalue weighted by atomic mass is 16.5. The van der Waals surface area contributed by atoms with Crippen molar-refractivity contribution in [2.24, 2.45) is 5.92 Å². The number of rotatable bonds is 3. The molecule has 0 aromatic heterocycles. The molecule has 5 heteroatoms. The Morgan fingerprint density at radius 3 is 2.81 bits per heavy atom. The fourth-order valence-electron chi connectivity index (χ4n) is 2.35. The number of amides is 1. The number of carbonyl (C=O) groups is 2. The molecule has 2 fully saturated rings. The van der Waals surface area contributed by atoms with E-state index in [0.29, 0.717) is 13.1 Å². The first-order valence-electron chi connectivity index (χ1n) is 5.62. The van der Waals surface area contributed by atoms with Crippen molar-refractivity contribution in [3.63, 3.8) is 0 Å². The number of aliphatic hydroxyl groups is 1. The van der Waals surface area contributed by atoms with Crippen molar-refractivity contribution in [1.29, 1.82) is 0 Å². The first-order valence-corrected chi connectivity index (χ1v) is 5.62. The summed E-state index contributed by atoms with van der Waals surface area (Å²) in [5.41, 5.74) is -0.708. The third kappa shape index (κ3) is 2.04. The van der Waals surface area contributed by atoms with E-state index in [1.54, 1.807) is 4.90 Å². The number of carbonyl (C=O) groups excluding carboxylic acids is 2. The molecule has 5 nitrogen and oxygen atoms in total. The lowest BCUT2D eigenvalue weighted by molar-refractivity contribution is -0.145. The fourth-order valence-corrected chi connectivity index (χ4v) is 2.35. The van der Waals surface area contributed by atoms with Crippen LogP contribution in [0.1, 0.15) is 25.7 Å². The molecule has 1 aliphatic heterocycles. The quantitative estimate of drug-likeness (QED) is 0.685. The van der Waals surface area contributed by atoms with Crippen molar-refractivity contribution in [2.45, 2.75) is 31.3 Å². The molecule has 0 bridgehead atoms. The minimum absolute atomic E-state index is 0.0595. The second-order valence-electron chi connectivity index (χ2n) is 4.78. The Labute approximate surface area is 94.4 Å².